The van der Waals surface area contributed by atoms with E-state index in [2.05, 4.69) is 0 Å². The maximum absolute atomic E-state index is 11.7. The Balaban J connectivity index is 1.85. The molecule has 0 saturated heterocycles. The first kappa shape index (κ1) is 16.9. The lowest BCUT2D eigenvalue weighted by Crippen LogP contribution is -2.15. The highest BCUT2D eigenvalue weighted by molar-refractivity contribution is 6.35. The fraction of sp³-hybridized carbons (Fsp3) is 0.188. The van der Waals surface area contributed by atoms with Gasteiger partial charge in [-0.15, -0.1) is 0 Å². The van der Waals surface area contributed by atoms with Crippen molar-refractivity contribution in [2.24, 2.45) is 0 Å². The van der Waals surface area contributed by atoms with Gasteiger partial charge in [-0.3, -0.25) is 0 Å². The van der Waals surface area contributed by atoms with E-state index in [1.807, 2.05) is 6.92 Å². The van der Waals surface area contributed by atoms with Gasteiger partial charge < -0.3 is 9.47 Å². The average molecular weight is 360 g/mol. The van der Waals surface area contributed by atoms with Crippen molar-refractivity contribution in [1.29, 1.82) is 0 Å². The van der Waals surface area contributed by atoms with E-state index < -0.39 is 5.97 Å². The first-order valence-corrected chi connectivity index (χ1v) is 7.57. The quantitative estimate of drug-likeness (QED) is 0.699. The molecule has 6 heteroatoms. The molecule has 0 radical (unpaired) electrons. The lowest BCUT2D eigenvalue weighted by molar-refractivity contribution is -0.147. The largest absolute Gasteiger partial charge is 0.482 e. The highest BCUT2D eigenvalue weighted by Gasteiger charge is 2.09. The summed E-state index contributed by atoms with van der Waals surface area (Å²) in [6.45, 7) is 1.73. The summed E-state index contributed by atoms with van der Waals surface area (Å²) < 4.78 is 10.5. The van der Waals surface area contributed by atoms with Crippen LogP contribution in [0.3, 0.4) is 0 Å². The second kappa shape index (κ2) is 7.73. The molecule has 0 saturated carbocycles. The number of carbonyl (C=O) groups excluding carboxylic acids is 1. The Morgan fingerprint density at radius 2 is 1.73 bits per heavy atom. The van der Waals surface area contributed by atoms with Crippen molar-refractivity contribution in [1.82, 2.24) is 0 Å². The van der Waals surface area contributed by atoms with Crippen LogP contribution in [0.1, 0.15) is 11.1 Å². The molecule has 2 aromatic rings. The zero-order valence-electron chi connectivity index (χ0n) is 11.7. The number of aryl methyl sites for hydroxylation is 1. The molecule has 22 heavy (non-hydrogen) atoms. The minimum atomic E-state index is -0.486. The van der Waals surface area contributed by atoms with Crippen LogP contribution < -0.4 is 4.74 Å². The molecule has 0 aliphatic rings. The summed E-state index contributed by atoms with van der Waals surface area (Å²) in [5, 5.41) is 1.60. The third-order valence-corrected chi connectivity index (χ3v) is 3.71. The van der Waals surface area contributed by atoms with Gasteiger partial charge in [-0.05, 0) is 42.8 Å². The molecule has 0 aliphatic carbocycles. The van der Waals surface area contributed by atoms with Gasteiger partial charge in [0.25, 0.3) is 0 Å². The van der Waals surface area contributed by atoms with E-state index in [0.29, 0.717) is 26.4 Å². The molecular formula is C16H13Cl3O3. The van der Waals surface area contributed by atoms with Crippen LogP contribution in [0.5, 0.6) is 5.75 Å². The predicted molar refractivity (Wildman–Crippen MR) is 87.9 cm³/mol. The van der Waals surface area contributed by atoms with E-state index in [9.17, 15) is 4.79 Å². The minimum absolute atomic E-state index is 0.0673. The van der Waals surface area contributed by atoms with E-state index in [0.717, 1.165) is 5.56 Å². The van der Waals surface area contributed by atoms with Crippen LogP contribution >= 0.6 is 34.8 Å². The molecule has 0 aromatic heterocycles. The third kappa shape index (κ3) is 4.80. The molecule has 0 atom stereocenters. The molecule has 0 fully saturated rings. The van der Waals surface area contributed by atoms with Crippen LogP contribution in [-0.4, -0.2) is 12.6 Å². The van der Waals surface area contributed by atoms with Gasteiger partial charge in [-0.1, -0.05) is 40.9 Å². The first-order valence-electron chi connectivity index (χ1n) is 6.44. The lowest BCUT2D eigenvalue weighted by atomic mass is 10.2. The van der Waals surface area contributed by atoms with E-state index >= 15 is 0 Å². The van der Waals surface area contributed by atoms with Crippen molar-refractivity contribution in [2.45, 2.75) is 13.5 Å². The Labute approximate surface area is 143 Å². The number of hydrogen-bond donors (Lipinski definition) is 0. The van der Waals surface area contributed by atoms with Crippen LogP contribution in [-0.2, 0) is 16.1 Å². The summed E-state index contributed by atoms with van der Waals surface area (Å²) in [6, 6.07) is 10.2. The number of esters is 1. The van der Waals surface area contributed by atoms with Crippen LogP contribution in [0.4, 0.5) is 0 Å². The Kier molecular flexibility index (Phi) is 5.95. The Morgan fingerprint density at radius 3 is 2.41 bits per heavy atom. The van der Waals surface area contributed by atoms with Crippen molar-refractivity contribution in [3.8, 4) is 5.75 Å². The molecule has 0 bridgehead atoms. The number of benzene rings is 2. The predicted octanol–water partition coefficient (Wildman–Crippen LogP) is 5.08. The van der Waals surface area contributed by atoms with E-state index in [1.165, 1.54) is 0 Å². The fourth-order valence-electron chi connectivity index (χ4n) is 1.75. The average Bonchev–Trinajstić information content (AvgIpc) is 2.45. The second-order valence-electron chi connectivity index (χ2n) is 4.59. The second-order valence-corrected chi connectivity index (χ2v) is 5.87. The van der Waals surface area contributed by atoms with E-state index in [4.69, 9.17) is 44.3 Å². The number of rotatable bonds is 5. The van der Waals surface area contributed by atoms with Crippen molar-refractivity contribution in [2.75, 3.05) is 6.61 Å². The Hall–Kier alpha value is -1.42. The molecule has 0 amide bonds. The monoisotopic (exact) mass is 358 g/mol. The maximum atomic E-state index is 11.7. The number of ether oxygens (including phenoxy) is 2. The fourth-order valence-corrected chi connectivity index (χ4v) is 2.44. The molecule has 0 aliphatic heterocycles. The van der Waals surface area contributed by atoms with Gasteiger partial charge >= 0.3 is 5.97 Å². The van der Waals surface area contributed by atoms with Gasteiger partial charge in [0.15, 0.2) is 6.61 Å². The number of hydrogen-bond acceptors (Lipinski definition) is 3. The zero-order valence-corrected chi connectivity index (χ0v) is 14.0. The third-order valence-electron chi connectivity index (χ3n) is 2.89. The first-order chi connectivity index (χ1) is 10.5. The minimum Gasteiger partial charge on any atom is -0.482 e. The van der Waals surface area contributed by atoms with Gasteiger partial charge in [0.2, 0.25) is 0 Å². The normalized spacial score (nSPS) is 10.4. The molecule has 2 aromatic carbocycles. The van der Waals surface area contributed by atoms with Gasteiger partial charge in [0.1, 0.15) is 12.4 Å². The SMILES string of the molecule is Cc1cc(Cl)ccc1OCC(=O)OCc1ccc(Cl)cc1Cl. The van der Waals surface area contributed by atoms with E-state index in [-0.39, 0.29) is 13.2 Å². The Morgan fingerprint density at radius 1 is 1.05 bits per heavy atom. The summed E-state index contributed by atoms with van der Waals surface area (Å²) >= 11 is 17.7. The lowest BCUT2D eigenvalue weighted by Gasteiger charge is -2.10. The molecular weight excluding hydrogens is 347 g/mol. The summed E-state index contributed by atoms with van der Waals surface area (Å²) in [5.74, 6) is 0.103. The van der Waals surface area contributed by atoms with Crippen LogP contribution in [0.15, 0.2) is 36.4 Å². The van der Waals surface area contributed by atoms with Gasteiger partial charge in [0.05, 0.1) is 0 Å². The van der Waals surface area contributed by atoms with Crippen molar-refractivity contribution in [3.05, 3.63) is 62.6 Å². The maximum Gasteiger partial charge on any atom is 0.344 e. The molecule has 0 spiro atoms. The summed E-state index contributed by atoms with van der Waals surface area (Å²) in [7, 11) is 0. The smallest absolute Gasteiger partial charge is 0.344 e. The van der Waals surface area contributed by atoms with Crippen molar-refractivity contribution in [3.63, 3.8) is 0 Å². The van der Waals surface area contributed by atoms with Crippen LogP contribution in [0, 0.1) is 6.92 Å². The van der Waals surface area contributed by atoms with Crippen LogP contribution in [0.25, 0.3) is 0 Å². The Bertz CT molecular complexity index is 629. The number of halogens is 3. The summed E-state index contributed by atoms with van der Waals surface area (Å²) in [5.41, 5.74) is 1.53. The number of carbonyl (C=O) groups is 1. The zero-order chi connectivity index (χ0) is 16.1. The molecule has 2 rings (SSSR count). The summed E-state index contributed by atoms with van der Waals surface area (Å²) in [6.07, 6.45) is 0. The molecule has 0 unspecified atom stereocenters. The topological polar surface area (TPSA) is 35.5 Å². The molecule has 0 heterocycles. The van der Waals surface area contributed by atoms with Gasteiger partial charge in [-0.2, -0.15) is 0 Å². The molecule has 0 N–H and O–H groups in total. The van der Waals surface area contributed by atoms with Crippen molar-refractivity contribution < 1.29 is 14.3 Å². The highest BCUT2D eigenvalue weighted by Crippen LogP contribution is 2.23. The van der Waals surface area contributed by atoms with Gasteiger partial charge in [-0.25, -0.2) is 4.79 Å². The van der Waals surface area contributed by atoms with E-state index in [1.54, 1.807) is 36.4 Å². The van der Waals surface area contributed by atoms with Gasteiger partial charge in [0, 0.05) is 20.6 Å². The van der Waals surface area contributed by atoms with Crippen molar-refractivity contribution >= 4 is 40.8 Å². The highest BCUT2D eigenvalue weighted by atomic mass is 35.5. The van der Waals surface area contributed by atoms with Crippen LogP contribution in [0.2, 0.25) is 15.1 Å². The molecule has 116 valence electrons. The standard InChI is InChI=1S/C16H13Cl3O3/c1-10-6-12(17)4-5-15(10)21-9-16(20)22-8-11-2-3-13(18)7-14(11)19/h2-7H,8-9H2,1H3. The summed E-state index contributed by atoms with van der Waals surface area (Å²) in [4.78, 5) is 11.7. The molecule has 3 nitrogen and oxygen atoms in total.